The van der Waals surface area contributed by atoms with Gasteiger partial charge in [-0.05, 0) is 61.2 Å². The van der Waals surface area contributed by atoms with Gasteiger partial charge in [0.2, 0.25) is 5.91 Å². The van der Waals surface area contributed by atoms with E-state index in [-0.39, 0.29) is 11.8 Å². The van der Waals surface area contributed by atoms with Crippen LogP contribution in [0.4, 0.5) is 11.5 Å². The molecule has 0 aliphatic carbocycles. The number of methoxy groups -OCH3 is 1. The topological polar surface area (TPSA) is 67.3 Å². The van der Waals surface area contributed by atoms with Crippen LogP contribution in [0.1, 0.15) is 35.6 Å². The molecule has 0 saturated carbocycles. The predicted octanol–water partition coefficient (Wildman–Crippen LogP) is 4.49. The number of pyridine rings is 2. The molecule has 160 valence electrons. The largest absolute Gasteiger partial charge is 0.497 e. The Hall–Kier alpha value is -3.41. The Morgan fingerprint density at radius 3 is 2.87 bits per heavy atom. The lowest BCUT2D eigenvalue weighted by Gasteiger charge is -2.32. The maximum atomic E-state index is 12.9. The van der Waals surface area contributed by atoms with E-state index in [4.69, 9.17) is 4.74 Å². The number of nitrogens with one attached hydrogen (secondary N) is 1. The van der Waals surface area contributed by atoms with E-state index < -0.39 is 0 Å². The second-order valence-electron chi connectivity index (χ2n) is 7.97. The molecule has 1 aromatic carbocycles. The molecular formula is C25H28N4O2. The zero-order valence-electron chi connectivity index (χ0n) is 18.0. The molecule has 31 heavy (non-hydrogen) atoms. The van der Waals surface area contributed by atoms with Crippen LogP contribution in [0.25, 0.3) is 0 Å². The standard InChI is InChI=1S/C25H28N4O2/c1-18-6-4-12-26-25(18)28-21-10-11-23(27-16-21)20-8-5-13-29(17-20)24(30)15-19-7-3-9-22(14-19)31-2/h3-4,6-7,9-12,14,16,20H,5,8,13,15,17H2,1-2H3,(H,26,28)/t20-/m1/s1. The van der Waals surface area contributed by atoms with Gasteiger partial charge in [0, 0.05) is 30.9 Å². The van der Waals surface area contributed by atoms with E-state index in [2.05, 4.69) is 21.4 Å². The lowest BCUT2D eigenvalue weighted by molar-refractivity contribution is -0.131. The Bertz CT molecular complexity index is 1040. The molecule has 1 N–H and O–H groups in total. The van der Waals surface area contributed by atoms with Gasteiger partial charge in [0.1, 0.15) is 11.6 Å². The van der Waals surface area contributed by atoms with Crippen molar-refractivity contribution in [1.82, 2.24) is 14.9 Å². The minimum atomic E-state index is 0.155. The minimum Gasteiger partial charge on any atom is -0.497 e. The molecule has 4 rings (SSSR count). The van der Waals surface area contributed by atoms with Crippen molar-refractivity contribution < 1.29 is 9.53 Å². The van der Waals surface area contributed by atoms with Crippen molar-refractivity contribution in [3.05, 3.63) is 77.7 Å². The van der Waals surface area contributed by atoms with Gasteiger partial charge in [-0.3, -0.25) is 9.78 Å². The molecule has 6 heteroatoms. The Balaban J connectivity index is 1.38. The molecule has 1 atom stereocenters. The fourth-order valence-electron chi connectivity index (χ4n) is 3.99. The maximum Gasteiger partial charge on any atom is 0.227 e. The van der Waals surface area contributed by atoms with Gasteiger partial charge in [-0.1, -0.05) is 18.2 Å². The molecule has 0 radical (unpaired) electrons. The molecule has 1 fully saturated rings. The number of piperidine rings is 1. The second-order valence-corrected chi connectivity index (χ2v) is 7.97. The quantitative estimate of drug-likeness (QED) is 0.641. The molecule has 1 amide bonds. The van der Waals surface area contributed by atoms with Crippen molar-refractivity contribution in [2.45, 2.75) is 32.1 Å². The number of carbonyl (C=O) groups excluding carboxylic acids is 1. The monoisotopic (exact) mass is 416 g/mol. The molecule has 3 heterocycles. The third kappa shape index (κ3) is 5.20. The zero-order chi connectivity index (χ0) is 21.6. The highest BCUT2D eigenvalue weighted by Crippen LogP contribution is 2.27. The van der Waals surface area contributed by atoms with Crippen LogP contribution in [-0.4, -0.2) is 41.0 Å². The zero-order valence-corrected chi connectivity index (χ0v) is 18.0. The first-order valence-corrected chi connectivity index (χ1v) is 10.7. The third-order valence-corrected chi connectivity index (χ3v) is 5.74. The number of hydrogen-bond donors (Lipinski definition) is 1. The molecule has 0 bridgehead atoms. The summed E-state index contributed by atoms with van der Waals surface area (Å²) in [5.74, 6) is 2.03. The molecule has 0 spiro atoms. The average Bonchev–Trinajstić information content (AvgIpc) is 2.81. The van der Waals surface area contributed by atoms with Crippen molar-refractivity contribution in [3.8, 4) is 5.75 Å². The van der Waals surface area contributed by atoms with Gasteiger partial charge >= 0.3 is 0 Å². The predicted molar refractivity (Wildman–Crippen MR) is 122 cm³/mol. The summed E-state index contributed by atoms with van der Waals surface area (Å²) in [5, 5.41) is 3.32. The summed E-state index contributed by atoms with van der Waals surface area (Å²) in [4.78, 5) is 23.9. The van der Waals surface area contributed by atoms with E-state index in [0.717, 1.165) is 53.5 Å². The third-order valence-electron chi connectivity index (χ3n) is 5.74. The van der Waals surface area contributed by atoms with Crippen LogP contribution in [-0.2, 0) is 11.2 Å². The lowest BCUT2D eigenvalue weighted by atomic mass is 9.93. The molecule has 1 saturated heterocycles. The summed E-state index contributed by atoms with van der Waals surface area (Å²) in [6.45, 7) is 3.54. The van der Waals surface area contributed by atoms with Crippen LogP contribution in [0, 0.1) is 6.92 Å². The second kappa shape index (κ2) is 9.60. The smallest absolute Gasteiger partial charge is 0.227 e. The van der Waals surface area contributed by atoms with Crippen molar-refractivity contribution >= 4 is 17.4 Å². The van der Waals surface area contributed by atoms with Crippen molar-refractivity contribution in [2.24, 2.45) is 0 Å². The molecule has 6 nitrogen and oxygen atoms in total. The summed E-state index contributed by atoms with van der Waals surface area (Å²) >= 11 is 0. The molecule has 1 aliphatic heterocycles. The van der Waals surface area contributed by atoms with Crippen LogP contribution in [0.5, 0.6) is 5.75 Å². The van der Waals surface area contributed by atoms with Crippen LogP contribution in [0.3, 0.4) is 0 Å². The lowest BCUT2D eigenvalue weighted by Crippen LogP contribution is -2.40. The number of likely N-dealkylation sites (tertiary alicyclic amines) is 1. The van der Waals surface area contributed by atoms with Crippen molar-refractivity contribution in [3.63, 3.8) is 0 Å². The number of benzene rings is 1. The number of carbonyl (C=O) groups is 1. The summed E-state index contributed by atoms with van der Waals surface area (Å²) in [5.41, 5.74) is 4.00. The van der Waals surface area contributed by atoms with Gasteiger partial charge in [0.25, 0.3) is 0 Å². The first kappa shape index (κ1) is 20.8. The number of anilines is 2. The van der Waals surface area contributed by atoms with Crippen LogP contribution in [0.2, 0.25) is 0 Å². The highest BCUT2D eigenvalue weighted by atomic mass is 16.5. The van der Waals surface area contributed by atoms with Gasteiger partial charge in [0.15, 0.2) is 0 Å². The SMILES string of the molecule is COc1cccc(CC(=O)N2CCC[C@@H](c3ccc(Nc4ncccc4C)cn3)C2)c1. The minimum absolute atomic E-state index is 0.155. The summed E-state index contributed by atoms with van der Waals surface area (Å²) in [7, 11) is 1.64. The van der Waals surface area contributed by atoms with E-state index in [9.17, 15) is 4.79 Å². The summed E-state index contributed by atoms with van der Waals surface area (Å²) in [6.07, 6.45) is 6.05. The molecule has 0 unspecified atom stereocenters. The summed E-state index contributed by atoms with van der Waals surface area (Å²) in [6, 6.07) is 15.8. The fourth-order valence-corrected chi connectivity index (χ4v) is 3.99. The molecule has 2 aromatic heterocycles. The number of ether oxygens (including phenoxy) is 1. The number of hydrogen-bond acceptors (Lipinski definition) is 5. The molecule has 1 aliphatic rings. The highest BCUT2D eigenvalue weighted by molar-refractivity contribution is 5.79. The van der Waals surface area contributed by atoms with E-state index in [1.165, 1.54) is 0 Å². The van der Waals surface area contributed by atoms with E-state index >= 15 is 0 Å². The first-order valence-electron chi connectivity index (χ1n) is 10.7. The van der Waals surface area contributed by atoms with Crippen molar-refractivity contribution in [2.75, 3.05) is 25.5 Å². The van der Waals surface area contributed by atoms with Gasteiger partial charge < -0.3 is 15.0 Å². The Morgan fingerprint density at radius 2 is 2.10 bits per heavy atom. The number of rotatable bonds is 6. The molecule has 3 aromatic rings. The van der Waals surface area contributed by atoms with Crippen molar-refractivity contribution in [1.29, 1.82) is 0 Å². The van der Waals surface area contributed by atoms with Crippen LogP contribution >= 0.6 is 0 Å². The van der Waals surface area contributed by atoms with Gasteiger partial charge in [0.05, 0.1) is 25.4 Å². The van der Waals surface area contributed by atoms with E-state index in [1.807, 2.05) is 60.5 Å². The highest BCUT2D eigenvalue weighted by Gasteiger charge is 2.25. The molecular weight excluding hydrogens is 388 g/mol. The Morgan fingerprint density at radius 1 is 1.19 bits per heavy atom. The average molecular weight is 417 g/mol. The fraction of sp³-hybridized carbons (Fsp3) is 0.320. The number of nitrogens with zero attached hydrogens (tertiary/aromatic N) is 3. The Kier molecular flexibility index (Phi) is 6.46. The number of aryl methyl sites for hydroxylation is 1. The van der Waals surface area contributed by atoms with Crippen LogP contribution < -0.4 is 10.1 Å². The van der Waals surface area contributed by atoms with E-state index in [1.54, 1.807) is 13.3 Å². The first-order chi connectivity index (χ1) is 15.1. The van der Waals surface area contributed by atoms with Gasteiger partial charge in [-0.15, -0.1) is 0 Å². The maximum absolute atomic E-state index is 12.9. The normalized spacial score (nSPS) is 16.1. The van der Waals surface area contributed by atoms with E-state index in [0.29, 0.717) is 13.0 Å². The Labute approximate surface area is 183 Å². The number of aromatic nitrogens is 2. The van der Waals surface area contributed by atoms with Crippen LogP contribution in [0.15, 0.2) is 60.9 Å². The summed E-state index contributed by atoms with van der Waals surface area (Å²) < 4.78 is 5.27. The number of amides is 1. The van der Waals surface area contributed by atoms with Gasteiger partial charge in [-0.2, -0.15) is 0 Å². The van der Waals surface area contributed by atoms with Gasteiger partial charge in [-0.25, -0.2) is 4.98 Å².